The SMILES string of the molecule is CCOc1ccc(-n2c(C)cc(/C=C(/C#N)C(=O)Nc3ccc(Br)cc3)c2C)cc1. The first-order valence-corrected chi connectivity index (χ1v) is 10.3. The van der Waals surface area contributed by atoms with Gasteiger partial charge in [-0.25, -0.2) is 0 Å². The molecule has 1 amide bonds. The van der Waals surface area contributed by atoms with Gasteiger partial charge in [0.2, 0.25) is 0 Å². The van der Waals surface area contributed by atoms with Gasteiger partial charge in [0.15, 0.2) is 0 Å². The van der Waals surface area contributed by atoms with Gasteiger partial charge in [0.1, 0.15) is 17.4 Å². The standard InChI is InChI=1S/C24H22BrN3O2/c1-4-30-23-11-9-22(10-12-23)28-16(2)13-18(17(28)3)14-19(15-26)24(29)27-21-7-5-20(25)6-8-21/h5-14H,4H2,1-3H3,(H,27,29)/b19-14-. The summed E-state index contributed by atoms with van der Waals surface area (Å²) in [5, 5.41) is 12.3. The van der Waals surface area contributed by atoms with Crippen molar-refractivity contribution in [3.05, 3.63) is 81.6 Å². The van der Waals surface area contributed by atoms with Crippen molar-refractivity contribution in [2.45, 2.75) is 20.8 Å². The Hall–Kier alpha value is -3.30. The Kier molecular flexibility index (Phi) is 6.76. The van der Waals surface area contributed by atoms with E-state index in [2.05, 4.69) is 25.8 Å². The van der Waals surface area contributed by atoms with Gasteiger partial charge in [-0.15, -0.1) is 0 Å². The molecule has 0 atom stereocenters. The average molecular weight is 464 g/mol. The summed E-state index contributed by atoms with van der Waals surface area (Å²) in [6, 6.07) is 19.0. The fraction of sp³-hybridized carbons (Fsp3) is 0.167. The van der Waals surface area contributed by atoms with Gasteiger partial charge >= 0.3 is 0 Å². The summed E-state index contributed by atoms with van der Waals surface area (Å²) in [4.78, 5) is 12.6. The van der Waals surface area contributed by atoms with E-state index in [9.17, 15) is 10.1 Å². The molecule has 1 aromatic heterocycles. The number of nitrogens with one attached hydrogen (secondary N) is 1. The number of amides is 1. The van der Waals surface area contributed by atoms with Crippen molar-refractivity contribution in [1.29, 1.82) is 5.26 Å². The molecular formula is C24H22BrN3O2. The molecule has 5 nitrogen and oxygen atoms in total. The molecule has 0 fully saturated rings. The van der Waals surface area contributed by atoms with Gasteiger partial charge in [-0.2, -0.15) is 5.26 Å². The quantitative estimate of drug-likeness (QED) is 0.370. The fourth-order valence-electron chi connectivity index (χ4n) is 3.22. The lowest BCUT2D eigenvalue weighted by molar-refractivity contribution is -0.112. The molecule has 6 heteroatoms. The van der Waals surface area contributed by atoms with Gasteiger partial charge in [0.25, 0.3) is 5.91 Å². The summed E-state index contributed by atoms with van der Waals surface area (Å²) in [6.07, 6.45) is 1.63. The van der Waals surface area contributed by atoms with Gasteiger partial charge < -0.3 is 14.6 Å². The first kappa shape index (κ1) is 21.4. The summed E-state index contributed by atoms with van der Waals surface area (Å²) in [5.41, 5.74) is 4.44. The molecule has 152 valence electrons. The number of halogens is 1. The Labute approximate surface area is 184 Å². The van der Waals surface area contributed by atoms with Crippen LogP contribution in [0.25, 0.3) is 11.8 Å². The maximum absolute atomic E-state index is 12.6. The Bertz CT molecular complexity index is 1120. The summed E-state index contributed by atoms with van der Waals surface area (Å²) in [6.45, 7) is 6.53. The van der Waals surface area contributed by atoms with Crippen LogP contribution in [0.2, 0.25) is 0 Å². The normalized spacial score (nSPS) is 11.1. The van der Waals surface area contributed by atoms with Gasteiger partial charge in [0, 0.05) is 27.2 Å². The van der Waals surface area contributed by atoms with Crippen molar-refractivity contribution < 1.29 is 9.53 Å². The number of ether oxygens (including phenoxy) is 1. The van der Waals surface area contributed by atoms with Crippen LogP contribution in [0.3, 0.4) is 0 Å². The number of hydrogen-bond acceptors (Lipinski definition) is 3. The first-order valence-electron chi connectivity index (χ1n) is 9.53. The van der Waals surface area contributed by atoms with Crippen molar-refractivity contribution >= 4 is 33.6 Å². The number of nitriles is 1. The zero-order chi connectivity index (χ0) is 21.7. The highest BCUT2D eigenvalue weighted by atomic mass is 79.9. The number of benzene rings is 2. The van der Waals surface area contributed by atoms with Crippen LogP contribution in [0.1, 0.15) is 23.9 Å². The molecule has 0 aliphatic rings. The predicted molar refractivity (Wildman–Crippen MR) is 123 cm³/mol. The summed E-state index contributed by atoms with van der Waals surface area (Å²) >= 11 is 3.36. The van der Waals surface area contributed by atoms with E-state index in [1.54, 1.807) is 18.2 Å². The third-order valence-electron chi connectivity index (χ3n) is 4.64. The second-order valence-corrected chi connectivity index (χ2v) is 7.64. The number of carbonyl (C=O) groups is 1. The number of carbonyl (C=O) groups excluding carboxylic acids is 1. The van der Waals surface area contributed by atoms with Crippen molar-refractivity contribution in [2.24, 2.45) is 0 Å². The number of nitrogens with zero attached hydrogens (tertiary/aromatic N) is 2. The number of aromatic nitrogens is 1. The van der Waals surface area contributed by atoms with Crippen molar-refractivity contribution in [1.82, 2.24) is 4.57 Å². The van der Waals surface area contributed by atoms with E-state index < -0.39 is 5.91 Å². The zero-order valence-corrected chi connectivity index (χ0v) is 18.7. The van der Waals surface area contributed by atoms with E-state index in [1.165, 1.54) is 0 Å². The summed E-state index contributed by atoms with van der Waals surface area (Å²) in [5.74, 6) is 0.380. The minimum atomic E-state index is -0.439. The van der Waals surface area contributed by atoms with Gasteiger partial charge in [-0.3, -0.25) is 4.79 Å². The van der Waals surface area contributed by atoms with Crippen LogP contribution in [0.15, 0.2) is 64.6 Å². The van der Waals surface area contributed by atoms with Crippen LogP contribution in [0.4, 0.5) is 5.69 Å². The van der Waals surface area contributed by atoms with Crippen LogP contribution in [-0.2, 0) is 4.79 Å². The van der Waals surface area contributed by atoms with E-state index in [0.717, 1.165) is 32.9 Å². The molecule has 1 N–H and O–H groups in total. The fourth-order valence-corrected chi connectivity index (χ4v) is 3.49. The van der Waals surface area contributed by atoms with Crippen molar-refractivity contribution in [3.8, 4) is 17.5 Å². The maximum Gasteiger partial charge on any atom is 0.266 e. The maximum atomic E-state index is 12.6. The molecule has 0 aliphatic carbocycles. The minimum Gasteiger partial charge on any atom is -0.494 e. The molecule has 0 radical (unpaired) electrons. The van der Waals surface area contributed by atoms with Crippen LogP contribution in [0, 0.1) is 25.2 Å². The molecule has 0 saturated carbocycles. The Morgan fingerprint density at radius 1 is 1.17 bits per heavy atom. The smallest absolute Gasteiger partial charge is 0.266 e. The molecule has 3 rings (SSSR count). The van der Waals surface area contributed by atoms with Crippen LogP contribution < -0.4 is 10.1 Å². The Morgan fingerprint density at radius 3 is 2.43 bits per heavy atom. The molecule has 0 spiro atoms. The number of rotatable bonds is 6. The van der Waals surface area contributed by atoms with Crippen molar-refractivity contribution in [3.63, 3.8) is 0 Å². The number of hydrogen-bond donors (Lipinski definition) is 1. The number of anilines is 1. The van der Waals surface area contributed by atoms with Gasteiger partial charge in [0.05, 0.1) is 6.61 Å². The van der Waals surface area contributed by atoms with E-state index >= 15 is 0 Å². The third kappa shape index (κ3) is 4.81. The van der Waals surface area contributed by atoms with Crippen LogP contribution in [0.5, 0.6) is 5.75 Å². The lowest BCUT2D eigenvalue weighted by Gasteiger charge is -2.11. The molecule has 0 unspecified atom stereocenters. The molecule has 0 aliphatic heterocycles. The van der Waals surface area contributed by atoms with E-state index in [0.29, 0.717) is 12.3 Å². The monoisotopic (exact) mass is 463 g/mol. The van der Waals surface area contributed by atoms with Gasteiger partial charge in [-0.05, 0) is 87.0 Å². The first-order chi connectivity index (χ1) is 14.4. The van der Waals surface area contributed by atoms with Crippen LogP contribution >= 0.6 is 15.9 Å². The molecule has 30 heavy (non-hydrogen) atoms. The van der Waals surface area contributed by atoms with E-state index in [1.807, 2.05) is 69.3 Å². The van der Waals surface area contributed by atoms with Crippen molar-refractivity contribution in [2.75, 3.05) is 11.9 Å². The second kappa shape index (κ2) is 9.47. The predicted octanol–water partition coefficient (Wildman–Crippen LogP) is 5.80. The molecule has 0 bridgehead atoms. The average Bonchev–Trinajstić information content (AvgIpc) is 3.01. The van der Waals surface area contributed by atoms with Gasteiger partial charge in [-0.1, -0.05) is 15.9 Å². The van der Waals surface area contributed by atoms with E-state index in [-0.39, 0.29) is 5.57 Å². The molecule has 1 heterocycles. The summed E-state index contributed by atoms with van der Waals surface area (Å²) < 4.78 is 8.51. The Morgan fingerprint density at radius 2 is 1.83 bits per heavy atom. The lowest BCUT2D eigenvalue weighted by atomic mass is 10.1. The highest BCUT2D eigenvalue weighted by molar-refractivity contribution is 9.10. The summed E-state index contributed by atoms with van der Waals surface area (Å²) in [7, 11) is 0. The zero-order valence-electron chi connectivity index (χ0n) is 17.1. The molecular weight excluding hydrogens is 442 g/mol. The minimum absolute atomic E-state index is 0.0462. The third-order valence-corrected chi connectivity index (χ3v) is 5.17. The highest BCUT2D eigenvalue weighted by Crippen LogP contribution is 2.25. The molecule has 0 saturated heterocycles. The Balaban J connectivity index is 1.88. The second-order valence-electron chi connectivity index (χ2n) is 6.72. The van der Waals surface area contributed by atoms with E-state index in [4.69, 9.17) is 4.74 Å². The van der Waals surface area contributed by atoms with Crippen LogP contribution in [-0.4, -0.2) is 17.1 Å². The molecule has 2 aromatic carbocycles. The number of aryl methyl sites for hydroxylation is 1. The largest absolute Gasteiger partial charge is 0.494 e. The lowest BCUT2D eigenvalue weighted by Crippen LogP contribution is -2.13. The topological polar surface area (TPSA) is 67.0 Å². The highest BCUT2D eigenvalue weighted by Gasteiger charge is 2.14. The molecule has 3 aromatic rings.